The average Bonchev–Trinajstić information content (AvgIpc) is 3.19. The molecule has 186 valence electrons. The van der Waals surface area contributed by atoms with Crippen LogP contribution in [-0.2, 0) is 16.3 Å². The molecule has 3 N–H and O–H groups in total. The van der Waals surface area contributed by atoms with Crippen molar-refractivity contribution in [2.75, 3.05) is 23.9 Å². The number of carbonyl (C=O) groups excluding carboxylic acids is 1. The highest BCUT2D eigenvalue weighted by Crippen LogP contribution is 2.39. The molecule has 0 aliphatic carbocycles. The zero-order valence-electron chi connectivity index (χ0n) is 20.8. The summed E-state index contributed by atoms with van der Waals surface area (Å²) in [5, 5.41) is 6.53. The SMILES string of the molecule is C/C=C/C(CCS(C)(=O)=O)N=C1C=C(CC)c2c(cccc2-c2cc3c([nH]2)CCNC3=O)NC1C. The lowest BCUT2D eigenvalue weighted by Crippen LogP contribution is -2.31. The fraction of sp³-hybridized carbons (Fsp3) is 0.407. The van der Waals surface area contributed by atoms with Gasteiger partial charge in [0.15, 0.2) is 0 Å². The van der Waals surface area contributed by atoms with E-state index in [1.807, 2.05) is 31.2 Å². The zero-order valence-corrected chi connectivity index (χ0v) is 21.6. The molecule has 8 heteroatoms. The normalized spacial score (nSPS) is 20.0. The summed E-state index contributed by atoms with van der Waals surface area (Å²) in [5.41, 5.74) is 7.81. The Kier molecular flexibility index (Phi) is 7.31. The Bertz CT molecular complexity index is 1320. The minimum Gasteiger partial charge on any atom is -0.376 e. The molecule has 1 aromatic carbocycles. The van der Waals surface area contributed by atoms with Crippen LogP contribution in [0.1, 0.15) is 55.2 Å². The fourth-order valence-corrected chi connectivity index (χ4v) is 5.41. The van der Waals surface area contributed by atoms with Crippen molar-refractivity contribution in [2.24, 2.45) is 4.99 Å². The number of nitrogens with zero attached hydrogens (tertiary/aromatic N) is 1. The van der Waals surface area contributed by atoms with Crippen LogP contribution in [0.2, 0.25) is 0 Å². The van der Waals surface area contributed by atoms with E-state index >= 15 is 0 Å². The number of allylic oxidation sites excluding steroid dienone is 2. The quantitative estimate of drug-likeness (QED) is 0.497. The van der Waals surface area contributed by atoms with Gasteiger partial charge in [-0.2, -0.15) is 0 Å². The number of aliphatic imine (C=N–C) groups is 1. The minimum atomic E-state index is -3.07. The first-order chi connectivity index (χ1) is 16.7. The van der Waals surface area contributed by atoms with E-state index in [0.29, 0.717) is 18.5 Å². The average molecular weight is 495 g/mol. The van der Waals surface area contributed by atoms with Crippen LogP contribution in [0, 0.1) is 0 Å². The summed E-state index contributed by atoms with van der Waals surface area (Å²) in [5.74, 6) is 0.0627. The van der Waals surface area contributed by atoms with E-state index in [0.717, 1.165) is 52.3 Å². The van der Waals surface area contributed by atoms with Crippen molar-refractivity contribution in [2.45, 2.75) is 52.1 Å². The second-order valence-corrected chi connectivity index (χ2v) is 11.5. The lowest BCUT2D eigenvalue weighted by atomic mass is 9.93. The van der Waals surface area contributed by atoms with Gasteiger partial charge in [0.25, 0.3) is 5.91 Å². The van der Waals surface area contributed by atoms with E-state index in [1.165, 1.54) is 6.26 Å². The maximum absolute atomic E-state index is 12.3. The van der Waals surface area contributed by atoms with Crippen LogP contribution in [0.15, 0.2) is 47.5 Å². The molecule has 4 rings (SSSR count). The number of rotatable bonds is 7. The van der Waals surface area contributed by atoms with Crippen LogP contribution in [0.5, 0.6) is 0 Å². The van der Waals surface area contributed by atoms with Gasteiger partial charge in [-0.25, -0.2) is 8.42 Å². The predicted molar refractivity (Wildman–Crippen MR) is 144 cm³/mol. The summed E-state index contributed by atoms with van der Waals surface area (Å²) in [6.45, 7) is 6.77. The van der Waals surface area contributed by atoms with Gasteiger partial charge in [-0.1, -0.05) is 31.2 Å². The van der Waals surface area contributed by atoms with Gasteiger partial charge < -0.3 is 15.6 Å². The lowest BCUT2D eigenvalue weighted by molar-refractivity contribution is 0.0946. The van der Waals surface area contributed by atoms with Crippen molar-refractivity contribution < 1.29 is 13.2 Å². The van der Waals surface area contributed by atoms with Gasteiger partial charge in [0.1, 0.15) is 9.84 Å². The van der Waals surface area contributed by atoms with Crippen molar-refractivity contribution in [3.8, 4) is 11.3 Å². The first kappa shape index (κ1) is 25.0. The highest BCUT2D eigenvalue weighted by atomic mass is 32.2. The van der Waals surface area contributed by atoms with Crippen LogP contribution in [-0.4, -0.2) is 55.7 Å². The zero-order chi connectivity index (χ0) is 25.2. The Morgan fingerprint density at radius 1 is 1.26 bits per heavy atom. The Morgan fingerprint density at radius 2 is 2.06 bits per heavy atom. The smallest absolute Gasteiger partial charge is 0.253 e. The summed E-state index contributed by atoms with van der Waals surface area (Å²) in [7, 11) is -3.07. The van der Waals surface area contributed by atoms with Gasteiger partial charge in [-0.3, -0.25) is 9.79 Å². The van der Waals surface area contributed by atoms with Gasteiger partial charge in [-0.05, 0) is 50.5 Å². The second kappa shape index (κ2) is 10.2. The number of carbonyl (C=O) groups is 1. The third kappa shape index (κ3) is 5.59. The lowest BCUT2D eigenvalue weighted by Gasteiger charge is -2.18. The standard InChI is InChI=1S/C27H34N4O3S/c1-5-8-19(12-14-35(4,33)34)30-24-15-18(6-2)26-20(9-7-10-23(26)29-17(24)3)25-16-21-22(31-25)11-13-28-27(21)32/h5,7-10,15-17,19,29,31H,6,11-14H2,1-4H3,(H,28,32)/b8-5+,30-24?. The molecule has 1 amide bonds. The van der Waals surface area contributed by atoms with E-state index in [9.17, 15) is 13.2 Å². The maximum Gasteiger partial charge on any atom is 0.253 e. The molecule has 0 fully saturated rings. The van der Waals surface area contributed by atoms with Crippen LogP contribution >= 0.6 is 0 Å². The molecular weight excluding hydrogens is 460 g/mol. The fourth-order valence-electron chi connectivity index (χ4n) is 4.74. The topological polar surface area (TPSA) is 103 Å². The Morgan fingerprint density at radius 3 is 2.74 bits per heavy atom. The molecule has 2 aromatic rings. The molecule has 1 aromatic heterocycles. The van der Waals surface area contributed by atoms with E-state index in [1.54, 1.807) is 0 Å². The number of H-pyrrole nitrogens is 1. The first-order valence-electron chi connectivity index (χ1n) is 12.2. The monoisotopic (exact) mass is 494 g/mol. The maximum atomic E-state index is 12.3. The number of sulfone groups is 1. The first-order valence-corrected chi connectivity index (χ1v) is 14.3. The number of amides is 1. The largest absolute Gasteiger partial charge is 0.376 e. The van der Waals surface area contributed by atoms with Crippen molar-refractivity contribution in [3.63, 3.8) is 0 Å². The Balaban J connectivity index is 1.77. The highest BCUT2D eigenvalue weighted by Gasteiger charge is 2.25. The predicted octanol–water partition coefficient (Wildman–Crippen LogP) is 4.40. The third-order valence-electron chi connectivity index (χ3n) is 6.51. The molecule has 7 nitrogen and oxygen atoms in total. The van der Waals surface area contributed by atoms with Crippen LogP contribution in [0.3, 0.4) is 0 Å². The molecular formula is C27H34N4O3S. The van der Waals surface area contributed by atoms with Gasteiger partial charge >= 0.3 is 0 Å². The highest BCUT2D eigenvalue weighted by molar-refractivity contribution is 7.90. The van der Waals surface area contributed by atoms with Gasteiger partial charge in [0.2, 0.25) is 0 Å². The van der Waals surface area contributed by atoms with E-state index in [2.05, 4.69) is 47.7 Å². The molecule has 3 heterocycles. The van der Waals surface area contributed by atoms with Crippen molar-refractivity contribution in [1.82, 2.24) is 10.3 Å². The molecule has 2 atom stereocenters. The van der Waals surface area contributed by atoms with E-state index in [-0.39, 0.29) is 23.7 Å². The van der Waals surface area contributed by atoms with E-state index < -0.39 is 9.84 Å². The Labute approximate surface area is 207 Å². The van der Waals surface area contributed by atoms with Gasteiger partial charge in [-0.15, -0.1) is 0 Å². The molecule has 2 aliphatic heterocycles. The number of fused-ring (bicyclic) bond motifs is 2. The molecule has 0 spiro atoms. The molecule has 0 saturated carbocycles. The van der Waals surface area contributed by atoms with Crippen LogP contribution in [0.4, 0.5) is 5.69 Å². The number of benzene rings is 1. The molecule has 35 heavy (non-hydrogen) atoms. The summed E-state index contributed by atoms with van der Waals surface area (Å²) in [6.07, 6.45) is 9.32. The van der Waals surface area contributed by atoms with Crippen molar-refractivity contribution in [1.29, 1.82) is 0 Å². The van der Waals surface area contributed by atoms with Crippen LogP contribution < -0.4 is 10.6 Å². The summed E-state index contributed by atoms with van der Waals surface area (Å²) in [4.78, 5) is 20.8. The summed E-state index contributed by atoms with van der Waals surface area (Å²) in [6, 6.07) is 7.87. The number of hydrogen-bond donors (Lipinski definition) is 3. The number of aromatic nitrogens is 1. The second-order valence-electron chi connectivity index (χ2n) is 9.26. The molecule has 0 radical (unpaired) electrons. The van der Waals surface area contributed by atoms with Crippen LogP contribution in [0.25, 0.3) is 16.8 Å². The Hall–Kier alpha value is -3.13. The molecule has 0 saturated heterocycles. The summed E-state index contributed by atoms with van der Waals surface area (Å²) < 4.78 is 23.5. The van der Waals surface area contributed by atoms with E-state index in [4.69, 9.17) is 4.99 Å². The number of anilines is 1. The summed E-state index contributed by atoms with van der Waals surface area (Å²) >= 11 is 0. The number of hydrogen-bond acceptors (Lipinski definition) is 5. The molecule has 2 unspecified atom stereocenters. The molecule has 0 bridgehead atoms. The number of nitrogens with one attached hydrogen (secondary N) is 3. The van der Waals surface area contributed by atoms with Crippen molar-refractivity contribution in [3.05, 3.63) is 59.3 Å². The van der Waals surface area contributed by atoms with Crippen molar-refractivity contribution >= 4 is 32.7 Å². The van der Waals surface area contributed by atoms with Gasteiger partial charge in [0.05, 0.1) is 29.1 Å². The molecule has 2 aliphatic rings. The van der Waals surface area contributed by atoms with Gasteiger partial charge in [0, 0.05) is 47.4 Å². The number of aromatic amines is 1. The minimum absolute atomic E-state index is 0.0349. The third-order valence-corrected chi connectivity index (χ3v) is 7.49.